The molecule has 0 atom stereocenters. The minimum absolute atomic E-state index is 0.257. The average Bonchev–Trinajstić information content (AvgIpc) is 2.39. The summed E-state index contributed by atoms with van der Waals surface area (Å²) in [7, 11) is 0. The molecule has 0 aliphatic rings. The standard InChI is InChI=1S/C15H14FNO/c1-12-4-2-3-5-14(12)11-18-17-10-13-6-8-15(16)9-7-13/h2-10H,11H2,1H3/b17-10+. The highest BCUT2D eigenvalue weighted by atomic mass is 19.1. The number of hydrogen-bond donors (Lipinski definition) is 0. The van der Waals surface area contributed by atoms with E-state index in [1.807, 2.05) is 31.2 Å². The maximum Gasteiger partial charge on any atom is 0.142 e. The molecular weight excluding hydrogens is 229 g/mol. The fraction of sp³-hybridized carbons (Fsp3) is 0.133. The molecule has 3 heteroatoms. The van der Waals surface area contributed by atoms with Gasteiger partial charge >= 0.3 is 0 Å². The zero-order chi connectivity index (χ0) is 12.8. The molecule has 0 saturated heterocycles. The van der Waals surface area contributed by atoms with Crippen molar-refractivity contribution in [3.63, 3.8) is 0 Å². The van der Waals surface area contributed by atoms with Crippen molar-refractivity contribution < 1.29 is 9.23 Å². The van der Waals surface area contributed by atoms with E-state index in [9.17, 15) is 4.39 Å². The van der Waals surface area contributed by atoms with Crippen molar-refractivity contribution in [3.05, 3.63) is 71.0 Å². The summed E-state index contributed by atoms with van der Waals surface area (Å²) in [6.45, 7) is 2.47. The fourth-order valence-electron chi connectivity index (χ4n) is 1.53. The molecule has 0 radical (unpaired) electrons. The van der Waals surface area contributed by atoms with E-state index in [0.29, 0.717) is 6.61 Å². The zero-order valence-electron chi connectivity index (χ0n) is 10.1. The van der Waals surface area contributed by atoms with Gasteiger partial charge in [-0.25, -0.2) is 4.39 Å². The molecular formula is C15H14FNO. The SMILES string of the molecule is Cc1ccccc1CO/N=C/c1ccc(F)cc1. The van der Waals surface area contributed by atoms with Gasteiger partial charge in [0.1, 0.15) is 12.4 Å². The maximum atomic E-state index is 12.7. The third kappa shape index (κ3) is 3.42. The molecule has 0 saturated carbocycles. The van der Waals surface area contributed by atoms with E-state index < -0.39 is 0 Å². The highest BCUT2D eigenvalue weighted by molar-refractivity contribution is 5.78. The summed E-state index contributed by atoms with van der Waals surface area (Å²) < 4.78 is 12.7. The van der Waals surface area contributed by atoms with Crippen LogP contribution in [0.5, 0.6) is 0 Å². The highest BCUT2D eigenvalue weighted by Gasteiger charge is 1.96. The summed E-state index contributed by atoms with van der Waals surface area (Å²) in [6.07, 6.45) is 1.57. The minimum Gasteiger partial charge on any atom is -0.391 e. The Labute approximate surface area is 106 Å². The van der Waals surface area contributed by atoms with Crippen LogP contribution in [0.2, 0.25) is 0 Å². The van der Waals surface area contributed by atoms with Crippen LogP contribution in [-0.2, 0) is 11.4 Å². The van der Waals surface area contributed by atoms with Gasteiger partial charge in [0, 0.05) is 0 Å². The lowest BCUT2D eigenvalue weighted by Crippen LogP contribution is -1.91. The van der Waals surface area contributed by atoms with Crippen molar-refractivity contribution in [1.29, 1.82) is 0 Å². The lowest BCUT2D eigenvalue weighted by atomic mass is 10.1. The molecule has 0 amide bonds. The van der Waals surface area contributed by atoms with Gasteiger partial charge in [-0.3, -0.25) is 0 Å². The fourth-order valence-corrected chi connectivity index (χ4v) is 1.53. The van der Waals surface area contributed by atoms with Crippen LogP contribution in [-0.4, -0.2) is 6.21 Å². The quantitative estimate of drug-likeness (QED) is 0.593. The Kier molecular flexibility index (Phi) is 4.07. The van der Waals surface area contributed by atoms with E-state index in [0.717, 1.165) is 11.1 Å². The molecule has 0 heterocycles. The van der Waals surface area contributed by atoms with Crippen LogP contribution in [0.1, 0.15) is 16.7 Å². The number of halogens is 1. The molecule has 2 rings (SSSR count). The second kappa shape index (κ2) is 5.96. The van der Waals surface area contributed by atoms with E-state index in [4.69, 9.17) is 4.84 Å². The summed E-state index contributed by atoms with van der Waals surface area (Å²) in [5.74, 6) is -0.257. The van der Waals surface area contributed by atoms with Gasteiger partial charge < -0.3 is 4.84 Å². The molecule has 2 aromatic rings. The first-order chi connectivity index (χ1) is 8.75. The lowest BCUT2D eigenvalue weighted by Gasteiger charge is -2.03. The van der Waals surface area contributed by atoms with Gasteiger partial charge in [-0.2, -0.15) is 0 Å². The van der Waals surface area contributed by atoms with Gasteiger partial charge in [-0.1, -0.05) is 41.6 Å². The first-order valence-corrected chi connectivity index (χ1v) is 5.71. The number of nitrogens with zero attached hydrogens (tertiary/aromatic N) is 1. The third-order valence-electron chi connectivity index (χ3n) is 2.63. The second-order valence-corrected chi connectivity index (χ2v) is 3.99. The van der Waals surface area contributed by atoms with Gasteiger partial charge in [0.15, 0.2) is 0 Å². The largest absolute Gasteiger partial charge is 0.391 e. The predicted octanol–water partition coefficient (Wildman–Crippen LogP) is 3.68. The summed E-state index contributed by atoms with van der Waals surface area (Å²) >= 11 is 0. The van der Waals surface area contributed by atoms with Crippen molar-refractivity contribution in [3.8, 4) is 0 Å². The van der Waals surface area contributed by atoms with Gasteiger partial charge in [0.05, 0.1) is 6.21 Å². The second-order valence-electron chi connectivity index (χ2n) is 3.99. The van der Waals surface area contributed by atoms with E-state index in [1.165, 1.54) is 17.7 Å². The van der Waals surface area contributed by atoms with Gasteiger partial charge in [0.25, 0.3) is 0 Å². The molecule has 92 valence electrons. The molecule has 0 aromatic heterocycles. The first-order valence-electron chi connectivity index (χ1n) is 5.71. The van der Waals surface area contributed by atoms with E-state index in [1.54, 1.807) is 18.3 Å². The van der Waals surface area contributed by atoms with E-state index in [2.05, 4.69) is 5.16 Å². The third-order valence-corrected chi connectivity index (χ3v) is 2.63. The minimum atomic E-state index is -0.257. The number of oxime groups is 1. The molecule has 0 bridgehead atoms. The van der Waals surface area contributed by atoms with Gasteiger partial charge in [0.2, 0.25) is 0 Å². The molecule has 2 nitrogen and oxygen atoms in total. The highest BCUT2D eigenvalue weighted by Crippen LogP contribution is 2.08. The van der Waals surface area contributed by atoms with Crippen molar-refractivity contribution in [2.45, 2.75) is 13.5 Å². The zero-order valence-corrected chi connectivity index (χ0v) is 10.1. The Balaban J connectivity index is 1.89. The van der Waals surface area contributed by atoms with Crippen molar-refractivity contribution in [1.82, 2.24) is 0 Å². The summed E-state index contributed by atoms with van der Waals surface area (Å²) in [6, 6.07) is 14.1. The van der Waals surface area contributed by atoms with Gasteiger partial charge in [-0.15, -0.1) is 0 Å². The maximum absolute atomic E-state index is 12.7. The molecule has 0 aliphatic heterocycles. The number of aryl methyl sites for hydroxylation is 1. The molecule has 18 heavy (non-hydrogen) atoms. The Morgan fingerprint density at radius 3 is 2.56 bits per heavy atom. The van der Waals surface area contributed by atoms with E-state index in [-0.39, 0.29) is 5.82 Å². The monoisotopic (exact) mass is 243 g/mol. The Morgan fingerprint density at radius 2 is 1.83 bits per heavy atom. The van der Waals surface area contributed by atoms with Crippen LogP contribution in [0.15, 0.2) is 53.7 Å². The topological polar surface area (TPSA) is 21.6 Å². The molecule has 0 unspecified atom stereocenters. The molecule has 0 aliphatic carbocycles. The van der Waals surface area contributed by atoms with Crippen LogP contribution in [0, 0.1) is 12.7 Å². The van der Waals surface area contributed by atoms with Crippen molar-refractivity contribution in [2.24, 2.45) is 5.16 Å². The number of benzene rings is 2. The van der Waals surface area contributed by atoms with Crippen LogP contribution in [0.4, 0.5) is 4.39 Å². The first kappa shape index (κ1) is 12.3. The summed E-state index contributed by atoms with van der Waals surface area (Å²) in [4.78, 5) is 5.21. The molecule has 0 fully saturated rings. The molecule has 2 aromatic carbocycles. The van der Waals surface area contributed by atoms with Crippen LogP contribution in [0.3, 0.4) is 0 Å². The Bertz CT molecular complexity index is 534. The predicted molar refractivity (Wildman–Crippen MR) is 70.0 cm³/mol. The normalized spacial score (nSPS) is 10.8. The van der Waals surface area contributed by atoms with Crippen LogP contribution >= 0.6 is 0 Å². The molecule has 0 spiro atoms. The number of rotatable bonds is 4. The Morgan fingerprint density at radius 1 is 1.11 bits per heavy atom. The van der Waals surface area contributed by atoms with Crippen LogP contribution < -0.4 is 0 Å². The van der Waals surface area contributed by atoms with E-state index >= 15 is 0 Å². The number of hydrogen-bond acceptors (Lipinski definition) is 2. The summed E-state index contributed by atoms with van der Waals surface area (Å²) in [5.41, 5.74) is 3.09. The smallest absolute Gasteiger partial charge is 0.142 e. The van der Waals surface area contributed by atoms with Crippen molar-refractivity contribution >= 4 is 6.21 Å². The Hall–Kier alpha value is -2.16. The lowest BCUT2D eigenvalue weighted by molar-refractivity contribution is 0.131. The van der Waals surface area contributed by atoms with Gasteiger partial charge in [-0.05, 0) is 35.7 Å². The van der Waals surface area contributed by atoms with Crippen molar-refractivity contribution in [2.75, 3.05) is 0 Å². The molecule has 0 N–H and O–H groups in total. The van der Waals surface area contributed by atoms with Crippen LogP contribution in [0.25, 0.3) is 0 Å². The summed E-state index contributed by atoms with van der Waals surface area (Å²) in [5, 5.41) is 3.86. The average molecular weight is 243 g/mol.